The van der Waals surface area contributed by atoms with Gasteiger partial charge in [0.2, 0.25) is 0 Å². The lowest BCUT2D eigenvalue weighted by Gasteiger charge is -2.25. The first-order valence-electron chi connectivity index (χ1n) is 7.01. The molecule has 0 aromatic heterocycles. The molecule has 0 aliphatic heterocycles. The molecule has 0 aromatic carbocycles. The van der Waals surface area contributed by atoms with Gasteiger partial charge in [-0.05, 0) is 26.7 Å². The molecule has 0 saturated heterocycles. The van der Waals surface area contributed by atoms with Crippen LogP contribution in [0.1, 0.15) is 53.4 Å². The second-order valence-corrected chi connectivity index (χ2v) is 4.45. The Morgan fingerprint density at radius 2 is 1.32 bits per heavy atom. The average molecular weight is 274 g/mol. The van der Waals surface area contributed by atoms with Crippen molar-refractivity contribution in [2.45, 2.75) is 59.0 Å². The number of hydrogen-bond acceptors (Lipinski definition) is 5. The number of carbonyl (C=O) groups is 2. The monoisotopic (exact) mass is 274 g/mol. The smallest absolute Gasteiger partial charge is 0.349 e. The van der Waals surface area contributed by atoms with E-state index in [9.17, 15) is 9.59 Å². The normalized spacial score (nSPS) is 11.2. The molecule has 0 spiro atoms. The molecule has 0 aliphatic carbocycles. The Kier molecular flexibility index (Phi) is 9.21. The van der Waals surface area contributed by atoms with Crippen LogP contribution in [0.2, 0.25) is 0 Å². The number of unbranched alkanes of at least 4 members (excludes halogenated alkanes) is 2. The summed E-state index contributed by atoms with van der Waals surface area (Å²) in [6, 6.07) is 0. The summed E-state index contributed by atoms with van der Waals surface area (Å²) in [5.74, 6) is -1.35. The number of carbonyl (C=O) groups excluding carboxylic acids is 2. The van der Waals surface area contributed by atoms with Gasteiger partial charge in [0, 0.05) is 6.61 Å². The first kappa shape index (κ1) is 17.9. The van der Waals surface area contributed by atoms with Crippen LogP contribution < -0.4 is 0 Å². The van der Waals surface area contributed by atoms with E-state index in [-0.39, 0.29) is 6.61 Å². The fourth-order valence-corrected chi connectivity index (χ4v) is 1.38. The molecule has 0 aromatic rings. The van der Waals surface area contributed by atoms with E-state index in [2.05, 4.69) is 0 Å². The minimum Gasteiger partial charge on any atom is -0.463 e. The van der Waals surface area contributed by atoms with Gasteiger partial charge in [0.1, 0.15) is 0 Å². The van der Waals surface area contributed by atoms with Crippen molar-refractivity contribution in [1.82, 2.24) is 0 Å². The second kappa shape index (κ2) is 9.78. The molecule has 0 rings (SSSR count). The molecular formula is C14H26O5. The summed E-state index contributed by atoms with van der Waals surface area (Å²) < 4.78 is 15.4. The standard InChI is InChI=1S/C14H26O5/c1-5-8-10-17-12(15)14(4,19-7-3)13(16)18-11-9-6-2/h5-11H2,1-4H3. The van der Waals surface area contributed by atoms with Crippen LogP contribution in [0.4, 0.5) is 0 Å². The van der Waals surface area contributed by atoms with E-state index in [1.54, 1.807) is 6.92 Å². The van der Waals surface area contributed by atoms with Gasteiger partial charge in [-0.1, -0.05) is 26.7 Å². The molecule has 0 N–H and O–H groups in total. The highest BCUT2D eigenvalue weighted by atomic mass is 16.6. The van der Waals surface area contributed by atoms with E-state index in [0.29, 0.717) is 13.2 Å². The van der Waals surface area contributed by atoms with Crippen molar-refractivity contribution in [3.8, 4) is 0 Å². The van der Waals surface area contributed by atoms with E-state index >= 15 is 0 Å². The van der Waals surface area contributed by atoms with Crippen LogP contribution in [0.3, 0.4) is 0 Å². The molecule has 0 bridgehead atoms. The molecule has 112 valence electrons. The molecule has 5 heteroatoms. The maximum absolute atomic E-state index is 12.0. The zero-order valence-electron chi connectivity index (χ0n) is 12.5. The topological polar surface area (TPSA) is 61.8 Å². The molecule has 0 aliphatic rings. The van der Waals surface area contributed by atoms with Gasteiger partial charge < -0.3 is 14.2 Å². The average Bonchev–Trinajstić information content (AvgIpc) is 2.39. The number of ether oxygens (including phenoxy) is 3. The fraction of sp³-hybridized carbons (Fsp3) is 0.857. The maximum atomic E-state index is 12.0. The molecule has 5 nitrogen and oxygen atoms in total. The molecule has 0 radical (unpaired) electrons. The van der Waals surface area contributed by atoms with Crippen LogP contribution in [0.15, 0.2) is 0 Å². The summed E-state index contributed by atoms with van der Waals surface area (Å²) in [7, 11) is 0. The Morgan fingerprint density at radius 1 is 0.895 bits per heavy atom. The number of rotatable bonds is 10. The molecule has 19 heavy (non-hydrogen) atoms. The molecular weight excluding hydrogens is 248 g/mol. The summed E-state index contributed by atoms with van der Waals surface area (Å²) in [5.41, 5.74) is -1.66. The zero-order chi connectivity index (χ0) is 14.7. The van der Waals surface area contributed by atoms with Crippen LogP contribution >= 0.6 is 0 Å². The lowest BCUT2D eigenvalue weighted by molar-refractivity contribution is -0.188. The third-order valence-corrected chi connectivity index (χ3v) is 2.67. The lowest BCUT2D eigenvalue weighted by atomic mass is 10.1. The molecule has 0 unspecified atom stereocenters. The Bertz CT molecular complexity index is 253. The van der Waals surface area contributed by atoms with Crippen LogP contribution in [0, 0.1) is 0 Å². The molecule has 0 saturated carbocycles. The molecule has 0 fully saturated rings. The summed E-state index contributed by atoms with van der Waals surface area (Å²) in [6.45, 7) is 7.93. The first-order valence-corrected chi connectivity index (χ1v) is 7.01. The summed E-state index contributed by atoms with van der Waals surface area (Å²) in [4.78, 5) is 23.9. The van der Waals surface area contributed by atoms with Gasteiger partial charge in [0.25, 0.3) is 5.60 Å². The Balaban J connectivity index is 4.53. The van der Waals surface area contributed by atoms with E-state index < -0.39 is 17.5 Å². The number of esters is 2. The third-order valence-electron chi connectivity index (χ3n) is 2.67. The zero-order valence-corrected chi connectivity index (χ0v) is 12.5. The van der Waals surface area contributed by atoms with Crippen molar-refractivity contribution >= 4 is 11.9 Å². The summed E-state index contributed by atoms with van der Waals surface area (Å²) >= 11 is 0. The minimum absolute atomic E-state index is 0.238. The van der Waals surface area contributed by atoms with Crippen molar-refractivity contribution in [3.63, 3.8) is 0 Å². The second-order valence-electron chi connectivity index (χ2n) is 4.45. The van der Waals surface area contributed by atoms with Gasteiger partial charge >= 0.3 is 11.9 Å². The van der Waals surface area contributed by atoms with E-state index in [1.165, 1.54) is 6.92 Å². The van der Waals surface area contributed by atoms with E-state index in [4.69, 9.17) is 14.2 Å². The molecule has 0 heterocycles. The van der Waals surface area contributed by atoms with Gasteiger partial charge in [0.15, 0.2) is 0 Å². The van der Waals surface area contributed by atoms with Crippen molar-refractivity contribution in [2.24, 2.45) is 0 Å². The quantitative estimate of drug-likeness (QED) is 0.348. The predicted octanol–water partition coefficient (Wildman–Crippen LogP) is 2.47. The van der Waals surface area contributed by atoms with Gasteiger partial charge in [0.05, 0.1) is 13.2 Å². The Morgan fingerprint density at radius 3 is 1.63 bits per heavy atom. The van der Waals surface area contributed by atoms with Gasteiger partial charge in [-0.25, -0.2) is 9.59 Å². The van der Waals surface area contributed by atoms with Gasteiger partial charge in [-0.2, -0.15) is 0 Å². The van der Waals surface area contributed by atoms with Gasteiger partial charge in [-0.15, -0.1) is 0 Å². The first-order chi connectivity index (χ1) is 9.02. The van der Waals surface area contributed by atoms with Crippen molar-refractivity contribution in [1.29, 1.82) is 0 Å². The summed E-state index contributed by atoms with van der Waals surface area (Å²) in [5, 5.41) is 0. The fourth-order valence-electron chi connectivity index (χ4n) is 1.38. The van der Waals surface area contributed by atoms with E-state index in [1.807, 2.05) is 13.8 Å². The lowest BCUT2D eigenvalue weighted by Crippen LogP contribution is -2.48. The predicted molar refractivity (Wildman–Crippen MR) is 71.8 cm³/mol. The van der Waals surface area contributed by atoms with Crippen molar-refractivity contribution in [2.75, 3.05) is 19.8 Å². The van der Waals surface area contributed by atoms with Crippen LogP contribution in [-0.4, -0.2) is 37.4 Å². The SMILES string of the molecule is CCCCOC(=O)C(C)(OCC)C(=O)OCCCC. The van der Waals surface area contributed by atoms with Gasteiger partial charge in [-0.3, -0.25) is 0 Å². The van der Waals surface area contributed by atoms with Crippen LogP contribution in [-0.2, 0) is 23.8 Å². The largest absolute Gasteiger partial charge is 0.463 e. The summed E-state index contributed by atoms with van der Waals surface area (Å²) in [6.07, 6.45) is 3.36. The van der Waals surface area contributed by atoms with Crippen LogP contribution in [0.5, 0.6) is 0 Å². The number of hydrogen-bond donors (Lipinski definition) is 0. The highest BCUT2D eigenvalue weighted by Crippen LogP contribution is 2.16. The Hall–Kier alpha value is -1.10. The van der Waals surface area contributed by atoms with Crippen molar-refractivity contribution < 1.29 is 23.8 Å². The molecule has 0 amide bonds. The highest BCUT2D eigenvalue weighted by Gasteiger charge is 2.45. The third kappa shape index (κ3) is 6.05. The van der Waals surface area contributed by atoms with E-state index in [0.717, 1.165) is 25.7 Å². The Labute approximate surface area is 115 Å². The molecule has 0 atom stereocenters. The van der Waals surface area contributed by atoms with Crippen molar-refractivity contribution in [3.05, 3.63) is 0 Å². The maximum Gasteiger partial charge on any atom is 0.349 e. The highest BCUT2D eigenvalue weighted by molar-refractivity contribution is 6.03. The minimum atomic E-state index is -1.66. The van der Waals surface area contributed by atoms with Crippen LogP contribution in [0.25, 0.3) is 0 Å².